The minimum absolute atomic E-state index is 0.0549. The van der Waals surface area contributed by atoms with E-state index in [-0.39, 0.29) is 5.57 Å². The Bertz CT molecular complexity index is 1720. The van der Waals surface area contributed by atoms with Crippen molar-refractivity contribution in [3.63, 3.8) is 0 Å². The van der Waals surface area contributed by atoms with Crippen molar-refractivity contribution in [1.29, 1.82) is 5.26 Å². The van der Waals surface area contributed by atoms with E-state index in [0.717, 1.165) is 16.8 Å². The fraction of sp³-hybridized carbons (Fsp3) is 0.0882. The minimum Gasteiger partial charge on any atom is -0.494 e. The van der Waals surface area contributed by atoms with Gasteiger partial charge in [-0.05, 0) is 91.4 Å². The molecule has 1 aromatic heterocycles. The zero-order valence-electron chi connectivity index (χ0n) is 22.8. The first-order valence-electron chi connectivity index (χ1n) is 13.3. The maximum absolute atomic E-state index is 13.1. The molecule has 0 unspecified atom stereocenters. The van der Waals surface area contributed by atoms with Crippen LogP contribution in [0.2, 0.25) is 5.02 Å². The molecule has 1 heterocycles. The zero-order valence-corrected chi connectivity index (χ0v) is 23.6. The number of hydrogen-bond acceptors (Lipinski definition) is 5. The van der Waals surface area contributed by atoms with Crippen LogP contribution in [-0.2, 0) is 11.4 Å². The van der Waals surface area contributed by atoms with E-state index in [9.17, 15) is 10.1 Å². The first-order chi connectivity index (χ1) is 20.5. The number of nitrogens with zero attached hydrogens (tertiary/aromatic N) is 3. The molecule has 0 saturated heterocycles. The molecule has 7 nitrogen and oxygen atoms in total. The van der Waals surface area contributed by atoms with Crippen LogP contribution in [0.4, 0.5) is 5.69 Å². The molecule has 0 aliphatic rings. The van der Waals surface area contributed by atoms with Gasteiger partial charge in [-0.2, -0.15) is 10.4 Å². The van der Waals surface area contributed by atoms with Crippen LogP contribution in [0.1, 0.15) is 18.1 Å². The topological polar surface area (TPSA) is 89.2 Å². The molecule has 0 bridgehead atoms. The summed E-state index contributed by atoms with van der Waals surface area (Å²) in [6.45, 7) is 2.85. The summed E-state index contributed by atoms with van der Waals surface area (Å²) in [5.41, 5.74) is 4.39. The fourth-order valence-corrected chi connectivity index (χ4v) is 4.32. The van der Waals surface area contributed by atoms with Gasteiger partial charge in [0.1, 0.15) is 29.7 Å². The maximum Gasteiger partial charge on any atom is 0.266 e. The Kier molecular flexibility index (Phi) is 8.97. The Balaban J connectivity index is 1.41. The van der Waals surface area contributed by atoms with Crippen LogP contribution in [0.3, 0.4) is 0 Å². The lowest BCUT2D eigenvalue weighted by Gasteiger charge is -2.08. The molecule has 208 valence electrons. The highest BCUT2D eigenvalue weighted by molar-refractivity contribution is 6.30. The molecule has 0 aliphatic heterocycles. The SMILES string of the molecule is CCOc1ccc(NC(=O)/C(C#N)=C\c2cn(-c3ccccc3)nc2-c2ccc(OCc3ccc(Cl)cc3)cc2)cc1. The second-order valence-electron chi connectivity index (χ2n) is 9.23. The number of nitrogens with one attached hydrogen (secondary N) is 1. The average Bonchev–Trinajstić information content (AvgIpc) is 3.45. The molecular formula is C34H27ClN4O3. The summed E-state index contributed by atoms with van der Waals surface area (Å²) >= 11 is 5.97. The Labute approximate surface area is 249 Å². The van der Waals surface area contributed by atoms with Gasteiger partial charge >= 0.3 is 0 Å². The molecule has 4 aromatic carbocycles. The summed E-state index contributed by atoms with van der Waals surface area (Å²) in [4.78, 5) is 13.1. The van der Waals surface area contributed by atoms with Gasteiger partial charge in [-0.3, -0.25) is 4.79 Å². The van der Waals surface area contributed by atoms with Gasteiger partial charge in [0.2, 0.25) is 0 Å². The number of rotatable bonds is 10. The third-order valence-electron chi connectivity index (χ3n) is 6.30. The average molecular weight is 575 g/mol. The molecule has 0 saturated carbocycles. The van der Waals surface area contributed by atoms with Crippen LogP contribution in [0.5, 0.6) is 11.5 Å². The number of nitriles is 1. The number of anilines is 1. The van der Waals surface area contributed by atoms with Crippen molar-refractivity contribution in [1.82, 2.24) is 9.78 Å². The van der Waals surface area contributed by atoms with Gasteiger partial charge in [0, 0.05) is 28.0 Å². The van der Waals surface area contributed by atoms with Crippen molar-refractivity contribution in [3.8, 4) is 34.5 Å². The third-order valence-corrected chi connectivity index (χ3v) is 6.55. The summed E-state index contributed by atoms with van der Waals surface area (Å²) in [5.74, 6) is 0.873. The minimum atomic E-state index is -0.522. The molecule has 8 heteroatoms. The Morgan fingerprint density at radius 3 is 2.26 bits per heavy atom. The van der Waals surface area contributed by atoms with E-state index in [2.05, 4.69) is 5.32 Å². The largest absolute Gasteiger partial charge is 0.494 e. The second kappa shape index (κ2) is 13.4. The number of para-hydroxylation sites is 1. The van der Waals surface area contributed by atoms with E-state index in [0.29, 0.717) is 46.7 Å². The lowest BCUT2D eigenvalue weighted by atomic mass is 10.1. The molecule has 0 spiro atoms. The zero-order chi connectivity index (χ0) is 29.3. The molecule has 42 heavy (non-hydrogen) atoms. The van der Waals surface area contributed by atoms with Gasteiger partial charge in [-0.15, -0.1) is 0 Å². The monoisotopic (exact) mass is 574 g/mol. The normalized spacial score (nSPS) is 11.0. The highest BCUT2D eigenvalue weighted by Crippen LogP contribution is 2.28. The van der Waals surface area contributed by atoms with Crippen LogP contribution in [-0.4, -0.2) is 22.3 Å². The standard InChI is InChI=1S/C34H27ClN4O3/c1-2-41-31-18-14-29(15-19-31)37-34(40)26(21-36)20-27-22-39(30-6-4-3-5-7-30)38-33(27)25-10-16-32(17-11-25)42-23-24-8-12-28(35)13-9-24/h3-20,22H,2,23H2,1H3,(H,37,40)/b26-20-. The molecule has 5 rings (SSSR count). The van der Waals surface area contributed by atoms with Crippen molar-refractivity contribution in [2.75, 3.05) is 11.9 Å². The summed E-state index contributed by atoms with van der Waals surface area (Å²) in [5, 5.41) is 18.2. The van der Waals surface area contributed by atoms with Crippen LogP contribution in [0, 0.1) is 11.3 Å². The van der Waals surface area contributed by atoms with Gasteiger partial charge in [0.15, 0.2) is 0 Å². The Hall–Kier alpha value is -5.32. The Morgan fingerprint density at radius 2 is 1.60 bits per heavy atom. The summed E-state index contributed by atoms with van der Waals surface area (Å²) in [6.07, 6.45) is 3.35. The number of halogens is 1. The second-order valence-corrected chi connectivity index (χ2v) is 9.67. The molecule has 0 aliphatic carbocycles. The first kappa shape index (κ1) is 28.2. The number of aromatic nitrogens is 2. The molecule has 1 amide bonds. The predicted molar refractivity (Wildman–Crippen MR) is 165 cm³/mol. The van der Waals surface area contributed by atoms with Crippen molar-refractivity contribution in [2.45, 2.75) is 13.5 Å². The van der Waals surface area contributed by atoms with Crippen LogP contribution in [0.15, 0.2) is 115 Å². The summed E-state index contributed by atoms with van der Waals surface area (Å²) in [6, 6.07) is 33.7. The fourth-order valence-electron chi connectivity index (χ4n) is 4.19. The lowest BCUT2D eigenvalue weighted by Crippen LogP contribution is -2.13. The molecule has 0 fully saturated rings. The van der Waals surface area contributed by atoms with Gasteiger partial charge in [0.25, 0.3) is 5.91 Å². The number of benzene rings is 4. The summed E-state index contributed by atoms with van der Waals surface area (Å²) in [7, 11) is 0. The summed E-state index contributed by atoms with van der Waals surface area (Å²) < 4.78 is 13.1. The Morgan fingerprint density at radius 1 is 0.929 bits per heavy atom. The number of amides is 1. The lowest BCUT2D eigenvalue weighted by molar-refractivity contribution is -0.112. The van der Waals surface area contributed by atoms with Gasteiger partial charge in [0.05, 0.1) is 18.0 Å². The van der Waals surface area contributed by atoms with E-state index >= 15 is 0 Å². The van der Waals surface area contributed by atoms with E-state index in [1.165, 1.54) is 0 Å². The van der Waals surface area contributed by atoms with E-state index < -0.39 is 5.91 Å². The smallest absolute Gasteiger partial charge is 0.266 e. The number of ether oxygens (including phenoxy) is 2. The van der Waals surface area contributed by atoms with Crippen LogP contribution in [0.25, 0.3) is 23.0 Å². The van der Waals surface area contributed by atoms with Crippen molar-refractivity contribution < 1.29 is 14.3 Å². The van der Waals surface area contributed by atoms with E-state index in [1.54, 1.807) is 41.2 Å². The van der Waals surface area contributed by atoms with Crippen LogP contribution >= 0.6 is 11.6 Å². The molecule has 5 aromatic rings. The molecule has 0 atom stereocenters. The van der Waals surface area contributed by atoms with Crippen molar-refractivity contribution in [3.05, 3.63) is 131 Å². The molecular weight excluding hydrogens is 548 g/mol. The number of carbonyl (C=O) groups is 1. The van der Waals surface area contributed by atoms with E-state index in [1.807, 2.05) is 91.9 Å². The third kappa shape index (κ3) is 7.05. The van der Waals surface area contributed by atoms with Crippen LogP contribution < -0.4 is 14.8 Å². The predicted octanol–water partition coefficient (Wildman–Crippen LogP) is 7.72. The van der Waals surface area contributed by atoms with Crippen molar-refractivity contribution in [2.24, 2.45) is 0 Å². The maximum atomic E-state index is 13.1. The van der Waals surface area contributed by atoms with Gasteiger partial charge in [-0.25, -0.2) is 4.68 Å². The van der Waals surface area contributed by atoms with E-state index in [4.69, 9.17) is 26.2 Å². The quantitative estimate of drug-likeness (QED) is 0.136. The van der Waals surface area contributed by atoms with Gasteiger partial charge < -0.3 is 14.8 Å². The first-order valence-corrected chi connectivity index (χ1v) is 13.7. The molecule has 0 radical (unpaired) electrons. The van der Waals surface area contributed by atoms with Gasteiger partial charge in [-0.1, -0.05) is 41.9 Å². The molecule has 1 N–H and O–H groups in total. The van der Waals surface area contributed by atoms with Crippen molar-refractivity contribution >= 4 is 29.3 Å². The highest BCUT2D eigenvalue weighted by atomic mass is 35.5. The number of carbonyl (C=O) groups excluding carboxylic acids is 1. The highest BCUT2D eigenvalue weighted by Gasteiger charge is 2.16. The number of hydrogen-bond donors (Lipinski definition) is 1.